The summed E-state index contributed by atoms with van der Waals surface area (Å²) in [5, 5.41) is 12.3. The van der Waals surface area contributed by atoms with Crippen molar-refractivity contribution in [1.29, 1.82) is 0 Å². The Bertz CT molecular complexity index is 858. The second kappa shape index (κ2) is 6.00. The summed E-state index contributed by atoms with van der Waals surface area (Å²) in [6, 6.07) is 4.53. The zero-order chi connectivity index (χ0) is 18.3. The fourth-order valence-corrected chi connectivity index (χ4v) is 3.33. The molecule has 132 valence electrons. The molecule has 0 aliphatic heterocycles. The van der Waals surface area contributed by atoms with Crippen LogP contribution in [0.2, 0.25) is 0 Å². The van der Waals surface area contributed by atoms with Gasteiger partial charge in [0, 0.05) is 18.8 Å². The molecule has 2 rings (SSSR count). The summed E-state index contributed by atoms with van der Waals surface area (Å²) >= 11 is 0. The molecule has 6 nitrogen and oxygen atoms in total. The lowest BCUT2D eigenvalue weighted by atomic mass is 10.0. The molecule has 0 bridgehead atoms. The molecule has 0 atom stereocenters. The van der Waals surface area contributed by atoms with E-state index in [9.17, 15) is 26.7 Å². The molecule has 0 aliphatic carbocycles. The molecular weight excluding hydrogens is 347 g/mol. The van der Waals surface area contributed by atoms with Gasteiger partial charge < -0.3 is 5.11 Å². The minimum Gasteiger partial charge on any atom is -0.508 e. The molecule has 1 aromatic carbocycles. The zero-order valence-electron chi connectivity index (χ0n) is 13.1. The number of sulfonamides is 1. The van der Waals surface area contributed by atoms with Crippen LogP contribution in [0.4, 0.5) is 18.9 Å². The second-order valence-electron chi connectivity index (χ2n) is 5.52. The maximum absolute atomic E-state index is 12.7. The molecule has 2 aromatic rings. The topological polar surface area (TPSA) is 84.2 Å². The van der Waals surface area contributed by atoms with E-state index < -0.39 is 26.9 Å². The number of hydrogen-bond donors (Lipinski definition) is 2. The summed E-state index contributed by atoms with van der Waals surface area (Å²) < 4.78 is 65.5. The van der Waals surface area contributed by atoms with Gasteiger partial charge in [0.25, 0.3) is 10.0 Å². The Labute approximate surface area is 137 Å². The van der Waals surface area contributed by atoms with Gasteiger partial charge in [0.1, 0.15) is 5.75 Å². The number of halogens is 3. The fourth-order valence-electron chi connectivity index (χ4n) is 2.13. The number of aromatic nitrogens is 2. The van der Waals surface area contributed by atoms with E-state index in [1.807, 2.05) is 13.8 Å². The second-order valence-corrected chi connectivity index (χ2v) is 7.15. The maximum Gasteiger partial charge on any atom is 0.435 e. The standard InChI is InChI=1S/C14H16F3N3O3S/c1-8(2)10-6-9(4-5-11(10)21)19-24(22,23)13-7-12(14(15,16)17)18-20(13)3/h4-8,19,21H,1-3H3. The number of hydrogen-bond acceptors (Lipinski definition) is 4. The molecule has 0 fully saturated rings. The molecule has 0 saturated heterocycles. The van der Waals surface area contributed by atoms with Crippen molar-refractivity contribution in [3.05, 3.63) is 35.5 Å². The maximum atomic E-state index is 12.7. The van der Waals surface area contributed by atoms with Gasteiger partial charge >= 0.3 is 6.18 Å². The molecule has 1 heterocycles. The molecule has 24 heavy (non-hydrogen) atoms. The number of rotatable bonds is 4. The van der Waals surface area contributed by atoms with Gasteiger partial charge in [-0.05, 0) is 29.7 Å². The first-order chi connectivity index (χ1) is 10.9. The lowest BCUT2D eigenvalue weighted by Crippen LogP contribution is -2.16. The van der Waals surface area contributed by atoms with Crippen LogP contribution in [0.1, 0.15) is 31.0 Å². The third-order valence-electron chi connectivity index (χ3n) is 3.30. The van der Waals surface area contributed by atoms with Gasteiger partial charge in [-0.1, -0.05) is 13.8 Å². The molecule has 10 heteroatoms. The molecule has 0 unspecified atom stereocenters. The summed E-state index contributed by atoms with van der Waals surface area (Å²) in [6.07, 6.45) is -4.74. The van der Waals surface area contributed by atoms with Gasteiger partial charge in [-0.15, -0.1) is 0 Å². The zero-order valence-corrected chi connectivity index (χ0v) is 13.9. The number of phenolic OH excluding ortho intramolecular Hbond substituents is 1. The van der Waals surface area contributed by atoms with E-state index >= 15 is 0 Å². The van der Waals surface area contributed by atoms with E-state index in [-0.39, 0.29) is 17.4 Å². The van der Waals surface area contributed by atoms with E-state index in [1.54, 1.807) is 0 Å². The normalized spacial score (nSPS) is 12.6. The van der Waals surface area contributed by atoms with Gasteiger partial charge in [0.2, 0.25) is 0 Å². The van der Waals surface area contributed by atoms with Crippen LogP contribution in [0, 0.1) is 0 Å². The largest absolute Gasteiger partial charge is 0.508 e. The molecular formula is C14H16F3N3O3S. The highest BCUT2D eigenvalue weighted by molar-refractivity contribution is 7.92. The first kappa shape index (κ1) is 18.1. The lowest BCUT2D eigenvalue weighted by Gasteiger charge is -2.12. The van der Waals surface area contributed by atoms with Crippen molar-refractivity contribution in [2.45, 2.75) is 31.0 Å². The van der Waals surface area contributed by atoms with Crippen LogP contribution in [0.5, 0.6) is 5.75 Å². The molecule has 0 spiro atoms. The quantitative estimate of drug-likeness (QED) is 0.818. The van der Waals surface area contributed by atoms with E-state index in [1.165, 1.54) is 18.2 Å². The Hall–Kier alpha value is -2.23. The first-order valence-corrected chi connectivity index (χ1v) is 8.37. The highest BCUT2D eigenvalue weighted by atomic mass is 32.2. The summed E-state index contributed by atoms with van der Waals surface area (Å²) in [5.74, 6) is -0.0594. The lowest BCUT2D eigenvalue weighted by molar-refractivity contribution is -0.141. The number of nitrogens with one attached hydrogen (secondary N) is 1. The third-order valence-corrected chi connectivity index (χ3v) is 4.74. The number of anilines is 1. The highest BCUT2D eigenvalue weighted by Gasteiger charge is 2.36. The van der Waals surface area contributed by atoms with Crippen LogP contribution in [0.3, 0.4) is 0 Å². The van der Waals surface area contributed by atoms with Crippen LogP contribution in [-0.4, -0.2) is 23.3 Å². The van der Waals surface area contributed by atoms with Crippen molar-refractivity contribution in [3.63, 3.8) is 0 Å². The highest BCUT2D eigenvalue weighted by Crippen LogP contribution is 2.31. The summed E-state index contributed by atoms with van der Waals surface area (Å²) in [4.78, 5) is 0. The fraction of sp³-hybridized carbons (Fsp3) is 0.357. The molecule has 0 aliphatic rings. The summed E-state index contributed by atoms with van der Waals surface area (Å²) in [7, 11) is -3.16. The predicted molar refractivity (Wildman–Crippen MR) is 81.2 cm³/mol. The minimum absolute atomic E-state index is 0.00726. The average molecular weight is 363 g/mol. The predicted octanol–water partition coefficient (Wildman–Crippen LogP) is 3.07. The number of aryl methyl sites for hydroxylation is 1. The van der Waals surface area contributed by atoms with Gasteiger partial charge in [0.15, 0.2) is 10.7 Å². The van der Waals surface area contributed by atoms with Crippen molar-refractivity contribution < 1.29 is 26.7 Å². The van der Waals surface area contributed by atoms with Crippen molar-refractivity contribution in [3.8, 4) is 5.75 Å². The number of aromatic hydroxyl groups is 1. The summed E-state index contributed by atoms with van der Waals surface area (Å²) in [5.41, 5.74) is -0.651. The minimum atomic E-state index is -4.74. The smallest absolute Gasteiger partial charge is 0.435 e. The van der Waals surface area contributed by atoms with Crippen molar-refractivity contribution >= 4 is 15.7 Å². The Morgan fingerprint density at radius 1 is 1.25 bits per heavy atom. The van der Waals surface area contributed by atoms with Gasteiger partial charge in [-0.2, -0.15) is 26.7 Å². The first-order valence-electron chi connectivity index (χ1n) is 6.89. The monoisotopic (exact) mass is 363 g/mol. The van der Waals surface area contributed by atoms with Gasteiger partial charge in [-0.3, -0.25) is 9.40 Å². The SMILES string of the molecule is CC(C)c1cc(NS(=O)(=O)c2cc(C(F)(F)F)nn2C)ccc1O. The van der Waals surface area contributed by atoms with Gasteiger partial charge in [0.05, 0.1) is 0 Å². The van der Waals surface area contributed by atoms with Crippen molar-refractivity contribution in [1.82, 2.24) is 9.78 Å². The molecule has 0 radical (unpaired) electrons. The molecule has 2 N–H and O–H groups in total. The molecule has 1 aromatic heterocycles. The molecule has 0 amide bonds. The van der Waals surface area contributed by atoms with E-state index in [0.717, 1.165) is 7.05 Å². The van der Waals surface area contributed by atoms with Crippen LogP contribution in [-0.2, 0) is 23.2 Å². The Morgan fingerprint density at radius 3 is 2.38 bits per heavy atom. The number of benzene rings is 1. The van der Waals surface area contributed by atoms with Crippen LogP contribution in [0.15, 0.2) is 29.3 Å². The van der Waals surface area contributed by atoms with E-state index in [4.69, 9.17) is 0 Å². The van der Waals surface area contributed by atoms with Crippen molar-refractivity contribution in [2.24, 2.45) is 7.05 Å². The van der Waals surface area contributed by atoms with Crippen LogP contribution < -0.4 is 4.72 Å². The van der Waals surface area contributed by atoms with Crippen molar-refractivity contribution in [2.75, 3.05) is 4.72 Å². The van der Waals surface area contributed by atoms with E-state index in [2.05, 4.69) is 9.82 Å². The number of nitrogens with zero attached hydrogens (tertiary/aromatic N) is 2. The average Bonchev–Trinajstić information content (AvgIpc) is 2.83. The third kappa shape index (κ3) is 3.64. The van der Waals surface area contributed by atoms with E-state index in [0.29, 0.717) is 16.3 Å². The number of alkyl halides is 3. The van der Waals surface area contributed by atoms with Crippen LogP contribution >= 0.6 is 0 Å². The van der Waals surface area contributed by atoms with Gasteiger partial charge in [-0.25, -0.2) is 0 Å². The molecule has 0 saturated carbocycles. The Balaban J connectivity index is 2.39. The van der Waals surface area contributed by atoms with Crippen LogP contribution in [0.25, 0.3) is 0 Å². The Kier molecular flexibility index (Phi) is 4.53. The number of phenols is 1. The summed E-state index contributed by atoms with van der Waals surface area (Å²) in [6.45, 7) is 3.62. The Morgan fingerprint density at radius 2 is 1.88 bits per heavy atom.